The van der Waals surface area contributed by atoms with E-state index in [-0.39, 0.29) is 17.9 Å². The molecular formula is C17H21ClN4O3. The molecule has 0 fully saturated rings. The topological polar surface area (TPSA) is 101 Å². The molecule has 8 heteroatoms. The Labute approximate surface area is 150 Å². The molecule has 0 radical (unpaired) electrons. The molecule has 7 nitrogen and oxygen atoms in total. The second-order valence-corrected chi connectivity index (χ2v) is 6.33. The predicted molar refractivity (Wildman–Crippen MR) is 98.1 cm³/mol. The molecule has 25 heavy (non-hydrogen) atoms. The van der Waals surface area contributed by atoms with Crippen LogP contribution in [-0.2, 0) is 13.1 Å². The van der Waals surface area contributed by atoms with Crippen LogP contribution in [0.5, 0.6) is 0 Å². The molecule has 0 aliphatic carbocycles. The molecular weight excluding hydrogens is 344 g/mol. The zero-order valence-corrected chi connectivity index (χ0v) is 15.0. The van der Waals surface area contributed by atoms with Gasteiger partial charge in [-0.15, -0.1) is 0 Å². The van der Waals surface area contributed by atoms with Crippen LogP contribution in [-0.4, -0.2) is 33.8 Å². The standard InChI is InChI=1S/C17H21ClN4O3/c1-3-8-22-15(19)14(16(24)20-17(22)25)13(23)10-21(2)9-11-4-6-12(18)7-5-11/h4-7H,3,8-10,19H2,1-2H3,(H,20,24,25). The first-order valence-electron chi connectivity index (χ1n) is 7.92. The van der Waals surface area contributed by atoms with Gasteiger partial charge in [0, 0.05) is 18.1 Å². The SMILES string of the molecule is CCCn1c(N)c(C(=O)CN(C)Cc2ccc(Cl)cc2)c(=O)[nH]c1=O. The summed E-state index contributed by atoms with van der Waals surface area (Å²) in [5, 5.41) is 0.639. The summed E-state index contributed by atoms with van der Waals surface area (Å²) in [4.78, 5) is 40.3. The number of benzene rings is 1. The average molecular weight is 365 g/mol. The van der Waals surface area contributed by atoms with Gasteiger partial charge >= 0.3 is 5.69 Å². The average Bonchev–Trinajstić information content (AvgIpc) is 2.53. The van der Waals surface area contributed by atoms with Crippen molar-refractivity contribution in [1.82, 2.24) is 14.5 Å². The van der Waals surface area contributed by atoms with Crippen molar-refractivity contribution in [2.45, 2.75) is 26.4 Å². The highest BCUT2D eigenvalue weighted by Gasteiger charge is 2.20. The van der Waals surface area contributed by atoms with Gasteiger partial charge in [0.05, 0.1) is 6.54 Å². The van der Waals surface area contributed by atoms with Crippen LogP contribution >= 0.6 is 11.6 Å². The molecule has 2 rings (SSSR count). The van der Waals surface area contributed by atoms with Crippen molar-refractivity contribution < 1.29 is 4.79 Å². The monoisotopic (exact) mass is 364 g/mol. The zero-order valence-electron chi connectivity index (χ0n) is 14.2. The number of carbonyl (C=O) groups is 1. The van der Waals surface area contributed by atoms with Crippen molar-refractivity contribution in [3.05, 3.63) is 61.3 Å². The number of nitrogens with two attached hydrogens (primary N) is 1. The molecule has 0 spiro atoms. The van der Waals surface area contributed by atoms with Crippen molar-refractivity contribution in [3.8, 4) is 0 Å². The minimum atomic E-state index is -0.750. The Morgan fingerprint density at radius 1 is 1.28 bits per heavy atom. The van der Waals surface area contributed by atoms with Crippen LogP contribution in [0, 0.1) is 0 Å². The number of H-pyrrole nitrogens is 1. The van der Waals surface area contributed by atoms with E-state index in [4.69, 9.17) is 17.3 Å². The van der Waals surface area contributed by atoms with Crippen LogP contribution in [0.1, 0.15) is 29.3 Å². The predicted octanol–water partition coefficient (Wildman–Crippen LogP) is 1.50. The van der Waals surface area contributed by atoms with Gasteiger partial charge in [-0.05, 0) is 31.2 Å². The van der Waals surface area contributed by atoms with Gasteiger partial charge in [0.2, 0.25) is 0 Å². The zero-order chi connectivity index (χ0) is 18.6. The molecule has 1 aromatic heterocycles. The lowest BCUT2D eigenvalue weighted by molar-refractivity contribution is 0.0941. The molecule has 0 bridgehead atoms. The number of halogens is 1. The van der Waals surface area contributed by atoms with Gasteiger partial charge in [-0.2, -0.15) is 0 Å². The van der Waals surface area contributed by atoms with Gasteiger partial charge in [-0.3, -0.25) is 24.0 Å². The normalized spacial score (nSPS) is 11.0. The number of nitrogens with zero attached hydrogens (tertiary/aromatic N) is 2. The Morgan fingerprint density at radius 3 is 2.52 bits per heavy atom. The van der Waals surface area contributed by atoms with Crippen LogP contribution in [0.4, 0.5) is 5.82 Å². The molecule has 1 aromatic carbocycles. The van der Waals surface area contributed by atoms with Crippen molar-refractivity contribution in [2.24, 2.45) is 0 Å². The van der Waals surface area contributed by atoms with Crippen molar-refractivity contribution in [3.63, 3.8) is 0 Å². The maximum Gasteiger partial charge on any atom is 0.329 e. The summed E-state index contributed by atoms with van der Waals surface area (Å²) in [6.45, 7) is 2.72. The molecule has 0 aliphatic heterocycles. The molecule has 3 N–H and O–H groups in total. The number of hydrogen-bond acceptors (Lipinski definition) is 5. The maximum absolute atomic E-state index is 12.5. The summed E-state index contributed by atoms with van der Waals surface area (Å²) in [5.74, 6) is -0.513. The summed E-state index contributed by atoms with van der Waals surface area (Å²) in [5.41, 5.74) is 5.37. The summed E-state index contributed by atoms with van der Waals surface area (Å²) in [6, 6.07) is 7.28. The Kier molecular flexibility index (Phi) is 6.17. The second-order valence-electron chi connectivity index (χ2n) is 5.89. The fourth-order valence-corrected chi connectivity index (χ4v) is 2.71. The number of nitrogens with one attached hydrogen (secondary N) is 1. The highest BCUT2D eigenvalue weighted by molar-refractivity contribution is 6.30. The van der Waals surface area contributed by atoms with E-state index in [1.165, 1.54) is 4.57 Å². The molecule has 0 aliphatic rings. The number of ketones is 1. The summed E-state index contributed by atoms with van der Waals surface area (Å²) >= 11 is 5.85. The van der Waals surface area contributed by atoms with Crippen molar-refractivity contribution in [1.29, 1.82) is 0 Å². The lowest BCUT2D eigenvalue weighted by Gasteiger charge is -2.17. The molecule has 0 saturated heterocycles. The smallest absolute Gasteiger partial charge is 0.329 e. The Balaban J connectivity index is 2.20. The lowest BCUT2D eigenvalue weighted by Crippen LogP contribution is -2.38. The van der Waals surface area contributed by atoms with Gasteiger partial charge in [0.15, 0.2) is 5.78 Å². The van der Waals surface area contributed by atoms with E-state index in [0.29, 0.717) is 24.5 Å². The third kappa shape index (κ3) is 4.58. The van der Waals surface area contributed by atoms with E-state index in [2.05, 4.69) is 4.98 Å². The van der Waals surface area contributed by atoms with E-state index in [9.17, 15) is 14.4 Å². The van der Waals surface area contributed by atoms with E-state index >= 15 is 0 Å². The maximum atomic E-state index is 12.5. The van der Waals surface area contributed by atoms with Gasteiger partial charge in [0.1, 0.15) is 11.4 Å². The van der Waals surface area contributed by atoms with E-state index in [0.717, 1.165) is 5.56 Å². The number of aromatic amines is 1. The van der Waals surface area contributed by atoms with Gasteiger partial charge < -0.3 is 5.73 Å². The van der Waals surface area contributed by atoms with Crippen LogP contribution in [0.15, 0.2) is 33.9 Å². The molecule has 0 atom stereocenters. The second kappa shape index (κ2) is 8.13. The molecule has 1 heterocycles. The van der Waals surface area contributed by atoms with Gasteiger partial charge in [-0.1, -0.05) is 30.7 Å². The molecule has 0 saturated carbocycles. The molecule has 2 aromatic rings. The van der Waals surface area contributed by atoms with Crippen molar-refractivity contribution >= 4 is 23.2 Å². The van der Waals surface area contributed by atoms with E-state index in [1.54, 1.807) is 24.1 Å². The van der Waals surface area contributed by atoms with Crippen LogP contribution < -0.4 is 17.0 Å². The fraction of sp³-hybridized carbons (Fsp3) is 0.353. The molecule has 134 valence electrons. The quantitative estimate of drug-likeness (QED) is 0.725. The van der Waals surface area contributed by atoms with Crippen LogP contribution in [0.3, 0.4) is 0 Å². The van der Waals surface area contributed by atoms with Crippen molar-refractivity contribution in [2.75, 3.05) is 19.3 Å². The van der Waals surface area contributed by atoms with Gasteiger partial charge in [0.25, 0.3) is 5.56 Å². The van der Waals surface area contributed by atoms with E-state index < -0.39 is 17.0 Å². The Hall–Kier alpha value is -2.38. The first-order valence-corrected chi connectivity index (χ1v) is 8.30. The highest BCUT2D eigenvalue weighted by Crippen LogP contribution is 2.12. The number of aromatic nitrogens is 2. The molecule has 0 amide bonds. The molecule has 0 unspecified atom stereocenters. The first kappa shape index (κ1) is 19.0. The van der Waals surface area contributed by atoms with Gasteiger partial charge in [-0.25, -0.2) is 4.79 Å². The third-order valence-corrected chi connectivity index (χ3v) is 4.00. The Bertz CT molecular complexity index is 871. The summed E-state index contributed by atoms with van der Waals surface area (Å²) in [7, 11) is 1.76. The highest BCUT2D eigenvalue weighted by atomic mass is 35.5. The number of Topliss-reactive ketones (excluding diaryl/α,β-unsaturated/α-hetero) is 1. The van der Waals surface area contributed by atoms with E-state index in [1.807, 2.05) is 19.1 Å². The first-order chi connectivity index (χ1) is 11.8. The largest absolute Gasteiger partial charge is 0.384 e. The number of nitrogen functional groups attached to an aromatic ring is 1. The summed E-state index contributed by atoms with van der Waals surface area (Å²) < 4.78 is 1.22. The Morgan fingerprint density at radius 2 is 1.92 bits per heavy atom. The number of rotatable bonds is 7. The number of likely N-dealkylation sites (N-methyl/N-ethyl adjacent to an activating group) is 1. The minimum absolute atomic E-state index is 0.000233. The lowest BCUT2D eigenvalue weighted by atomic mass is 10.1. The van der Waals surface area contributed by atoms with Crippen LogP contribution in [0.2, 0.25) is 5.02 Å². The number of carbonyl (C=O) groups excluding carboxylic acids is 1. The van der Waals surface area contributed by atoms with Crippen LogP contribution in [0.25, 0.3) is 0 Å². The minimum Gasteiger partial charge on any atom is -0.384 e. The number of hydrogen-bond donors (Lipinski definition) is 2. The third-order valence-electron chi connectivity index (χ3n) is 3.74. The fourth-order valence-electron chi connectivity index (χ4n) is 2.58. The summed E-state index contributed by atoms with van der Waals surface area (Å²) in [6.07, 6.45) is 0.653. The number of anilines is 1.